The zero-order chi connectivity index (χ0) is 10.7. The maximum absolute atomic E-state index is 11.7. The minimum atomic E-state index is -0.389. The van der Waals surface area contributed by atoms with Gasteiger partial charge in [-0.2, -0.15) is 5.26 Å². The van der Waals surface area contributed by atoms with Crippen molar-refractivity contribution in [1.29, 1.82) is 5.26 Å². The Labute approximate surface area is 100 Å². The topological polar surface area (TPSA) is 44.1 Å². The van der Waals surface area contributed by atoms with Crippen molar-refractivity contribution in [2.45, 2.75) is 13.0 Å². The quantitative estimate of drug-likeness (QED) is 0.785. The van der Waals surface area contributed by atoms with Gasteiger partial charge >= 0.3 is 0 Å². The van der Waals surface area contributed by atoms with Crippen LogP contribution in [0.2, 0.25) is 0 Å². The molecule has 1 amide bonds. The van der Waals surface area contributed by atoms with E-state index in [1.807, 2.05) is 17.5 Å². The van der Waals surface area contributed by atoms with Crippen LogP contribution in [0.5, 0.6) is 0 Å². The van der Waals surface area contributed by atoms with Gasteiger partial charge in [-0.15, -0.1) is 11.3 Å². The second kappa shape index (κ2) is 4.75. The van der Waals surface area contributed by atoms with Gasteiger partial charge in [-0.3, -0.25) is 4.79 Å². The molecule has 0 aromatic carbocycles. The molecule has 0 aliphatic heterocycles. The molecule has 3 nitrogen and oxygen atoms in total. The Balaban J connectivity index is 2.81. The van der Waals surface area contributed by atoms with Crippen LogP contribution in [-0.2, 0) is 0 Å². The second-order valence-corrected chi connectivity index (χ2v) is 5.67. The molecule has 0 fully saturated rings. The van der Waals surface area contributed by atoms with Crippen molar-refractivity contribution in [2.75, 3.05) is 7.05 Å². The lowest BCUT2D eigenvalue weighted by Crippen LogP contribution is -2.33. The average molecular weight is 320 g/mol. The summed E-state index contributed by atoms with van der Waals surface area (Å²) in [6.07, 6.45) is 0. The van der Waals surface area contributed by atoms with Gasteiger partial charge < -0.3 is 4.90 Å². The number of carbonyl (C=O) groups excluding carboxylic acids is 1. The van der Waals surface area contributed by atoms with Crippen molar-refractivity contribution in [2.24, 2.45) is 0 Å². The molecule has 0 spiro atoms. The summed E-state index contributed by atoms with van der Waals surface area (Å²) < 4.78 is 1.07. The lowest BCUT2D eigenvalue weighted by atomic mass is 10.2. The number of carbonyl (C=O) groups is 1. The molecule has 1 atom stereocenters. The lowest BCUT2D eigenvalue weighted by Gasteiger charge is -2.18. The number of nitriles is 1. The fraction of sp³-hybridized carbons (Fsp3) is 0.333. The van der Waals surface area contributed by atoms with Crippen molar-refractivity contribution in [3.05, 3.63) is 19.9 Å². The van der Waals surface area contributed by atoms with Crippen LogP contribution in [0.4, 0.5) is 0 Å². The molecular weight excluding hydrogens is 311 g/mol. The highest BCUT2D eigenvalue weighted by atomic mass is 127. The first-order valence-electron chi connectivity index (χ1n) is 3.97. The Kier molecular flexibility index (Phi) is 3.89. The van der Waals surface area contributed by atoms with Crippen LogP contribution in [0, 0.1) is 14.2 Å². The van der Waals surface area contributed by atoms with Crippen LogP contribution >= 0.6 is 33.9 Å². The molecule has 74 valence electrons. The molecule has 0 saturated carbocycles. The van der Waals surface area contributed by atoms with E-state index in [1.54, 1.807) is 14.0 Å². The number of rotatable bonds is 2. The highest BCUT2D eigenvalue weighted by Gasteiger charge is 2.17. The van der Waals surface area contributed by atoms with E-state index in [-0.39, 0.29) is 11.9 Å². The minimum absolute atomic E-state index is 0.0989. The first-order chi connectivity index (χ1) is 6.56. The van der Waals surface area contributed by atoms with Gasteiger partial charge in [-0.25, -0.2) is 0 Å². The van der Waals surface area contributed by atoms with Gasteiger partial charge in [-0.05, 0) is 35.6 Å². The Morgan fingerprint density at radius 1 is 1.79 bits per heavy atom. The van der Waals surface area contributed by atoms with E-state index in [0.717, 1.165) is 2.88 Å². The summed E-state index contributed by atoms with van der Waals surface area (Å²) in [6.45, 7) is 1.70. The van der Waals surface area contributed by atoms with Gasteiger partial charge in [0.05, 0.1) is 14.5 Å². The summed E-state index contributed by atoms with van der Waals surface area (Å²) in [5.41, 5.74) is 0.656. The molecule has 0 radical (unpaired) electrons. The number of hydrogen-bond acceptors (Lipinski definition) is 3. The van der Waals surface area contributed by atoms with E-state index in [2.05, 4.69) is 22.6 Å². The second-order valence-electron chi connectivity index (χ2n) is 2.86. The molecular formula is C9H9IN2OS. The standard InChI is InChI=1S/C9H9IN2OS/c1-6(4-11)12(2)9(13)7-3-8(10)14-5-7/h3,5-6H,1-2H3. The van der Waals surface area contributed by atoms with Crippen LogP contribution in [0.3, 0.4) is 0 Å². The molecule has 14 heavy (non-hydrogen) atoms. The molecule has 0 saturated heterocycles. The van der Waals surface area contributed by atoms with Gasteiger partial charge in [0.1, 0.15) is 6.04 Å². The van der Waals surface area contributed by atoms with Crippen molar-refractivity contribution >= 4 is 39.8 Å². The van der Waals surface area contributed by atoms with E-state index in [4.69, 9.17) is 5.26 Å². The average Bonchev–Trinajstić information content (AvgIpc) is 2.61. The van der Waals surface area contributed by atoms with E-state index in [0.29, 0.717) is 5.56 Å². The molecule has 0 N–H and O–H groups in total. The van der Waals surface area contributed by atoms with Crippen LogP contribution in [-0.4, -0.2) is 23.9 Å². The molecule has 0 aliphatic rings. The molecule has 1 unspecified atom stereocenters. The first kappa shape index (κ1) is 11.5. The van der Waals surface area contributed by atoms with Gasteiger partial charge in [-0.1, -0.05) is 0 Å². The Bertz CT molecular complexity index is 382. The van der Waals surface area contributed by atoms with E-state index in [1.165, 1.54) is 16.2 Å². The minimum Gasteiger partial charge on any atom is -0.326 e. The predicted molar refractivity (Wildman–Crippen MR) is 64.2 cm³/mol. The highest BCUT2D eigenvalue weighted by molar-refractivity contribution is 14.1. The summed E-state index contributed by atoms with van der Waals surface area (Å²) >= 11 is 3.69. The van der Waals surface area contributed by atoms with Gasteiger partial charge in [0.15, 0.2) is 0 Å². The third-order valence-electron chi connectivity index (χ3n) is 1.90. The summed E-state index contributed by atoms with van der Waals surface area (Å²) in [6, 6.07) is 3.47. The summed E-state index contributed by atoms with van der Waals surface area (Å²) in [5.74, 6) is -0.0989. The van der Waals surface area contributed by atoms with Crippen molar-refractivity contribution in [3.8, 4) is 6.07 Å². The number of thiophene rings is 1. The summed E-state index contributed by atoms with van der Waals surface area (Å²) in [4.78, 5) is 13.2. The number of hydrogen-bond donors (Lipinski definition) is 0. The zero-order valence-corrected chi connectivity index (χ0v) is 10.8. The lowest BCUT2D eigenvalue weighted by molar-refractivity contribution is 0.0773. The summed E-state index contributed by atoms with van der Waals surface area (Å²) in [7, 11) is 1.64. The van der Waals surface area contributed by atoms with E-state index < -0.39 is 0 Å². The Morgan fingerprint density at radius 3 is 2.86 bits per heavy atom. The van der Waals surface area contributed by atoms with Crippen molar-refractivity contribution in [1.82, 2.24) is 4.90 Å². The molecule has 0 bridgehead atoms. The third kappa shape index (κ3) is 2.45. The Morgan fingerprint density at radius 2 is 2.43 bits per heavy atom. The molecule has 1 rings (SSSR count). The van der Waals surface area contributed by atoms with Gasteiger partial charge in [0, 0.05) is 12.4 Å². The number of amides is 1. The number of nitrogens with zero attached hydrogens (tertiary/aromatic N) is 2. The Hall–Kier alpha value is -0.610. The van der Waals surface area contributed by atoms with Crippen LogP contribution < -0.4 is 0 Å². The van der Waals surface area contributed by atoms with E-state index >= 15 is 0 Å². The molecule has 1 aromatic heterocycles. The van der Waals surface area contributed by atoms with Crippen LogP contribution in [0.25, 0.3) is 0 Å². The zero-order valence-electron chi connectivity index (χ0n) is 7.82. The van der Waals surface area contributed by atoms with Crippen LogP contribution in [0.15, 0.2) is 11.4 Å². The predicted octanol–water partition coefficient (Wildman–Crippen LogP) is 2.34. The SMILES string of the molecule is CC(C#N)N(C)C(=O)c1csc(I)c1. The first-order valence-corrected chi connectivity index (χ1v) is 5.93. The molecule has 1 aromatic rings. The molecule has 1 heterocycles. The monoisotopic (exact) mass is 320 g/mol. The largest absolute Gasteiger partial charge is 0.326 e. The fourth-order valence-electron chi connectivity index (χ4n) is 0.888. The highest BCUT2D eigenvalue weighted by Crippen LogP contribution is 2.18. The van der Waals surface area contributed by atoms with Crippen LogP contribution in [0.1, 0.15) is 17.3 Å². The third-order valence-corrected chi connectivity index (χ3v) is 3.69. The normalized spacial score (nSPS) is 11.9. The number of halogens is 1. The smallest absolute Gasteiger partial charge is 0.255 e. The van der Waals surface area contributed by atoms with Crippen molar-refractivity contribution < 1.29 is 4.79 Å². The van der Waals surface area contributed by atoms with Gasteiger partial charge in [0.2, 0.25) is 0 Å². The fourth-order valence-corrected chi connectivity index (χ4v) is 2.21. The van der Waals surface area contributed by atoms with Gasteiger partial charge in [0.25, 0.3) is 5.91 Å². The molecule has 0 aliphatic carbocycles. The maximum Gasteiger partial charge on any atom is 0.255 e. The summed E-state index contributed by atoms with van der Waals surface area (Å²) in [5, 5.41) is 10.5. The van der Waals surface area contributed by atoms with Crippen molar-refractivity contribution in [3.63, 3.8) is 0 Å². The molecule has 5 heteroatoms. The maximum atomic E-state index is 11.7. The van der Waals surface area contributed by atoms with E-state index in [9.17, 15) is 4.79 Å².